The third-order valence-corrected chi connectivity index (χ3v) is 10.1. The second-order valence-electron chi connectivity index (χ2n) is 14.8. The van der Waals surface area contributed by atoms with Crippen LogP contribution in [0.25, 0.3) is 0 Å². The van der Waals surface area contributed by atoms with Crippen molar-refractivity contribution in [2.24, 2.45) is 0 Å². The van der Waals surface area contributed by atoms with Gasteiger partial charge in [0.25, 0.3) is 0 Å². The van der Waals surface area contributed by atoms with Gasteiger partial charge in [0.1, 0.15) is 48.8 Å². The first-order valence-electron chi connectivity index (χ1n) is 20.6. The fourth-order valence-electron chi connectivity index (χ4n) is 6.66. The van der Waals surface area contributed by atoms with Crippen molar-refractivity contribution in [2.75, 3.05) is 19.8 Å². The first-order chi connectivity index (χ1) is 26.1. The predicted octanol–water partition coefficient (Wildman–Crippen LogP) is 2.65. The van der Waals surface area contributed by atoms with Crippen molar-refractivity contribution in [1.82, 2.24) is 5.32 Å². The number of carbonyl (C=O) groups excluding carboxylic acids is 1. The highest BCUT2D eigenvalue weighted by Crippen LogP contribution is 2.29. The monoisotopic (exact) mass is 776 g/mol. The zero-order valence-electron chi connectivity index (χ0n) is 32.7. The number of unbranched alkanes of at least 4 members (excludes halogenated alkanes) is 14. The fourth-order valence-corrected chi connectivity index (χ4v) is 6.66. The number of amides is 1. The zero-order chi connectivity index (χ0) is 39.7. The smallest absolute Gasteiger partial charge is 0.220 e. The molecule has 0 saturated carbocycles. The molecule has 0 aliphatic carbocycles. The highest BCUT2D eigenvalue weighted by Gasteiger charge is 2.50. The number of aliphatic hydroxyl groups excluding tert-OH is 8. The number of carbonyl (C=O) groups is 1. The molecule has 14 heteroatoms. The number of nitrogens with one attached hydrogen (secondary N) is 1. The predicted molar refractivity (Wildman–Crippen MR) is 203 cm³/mol. The van der Waals surface area contributed by atoms with Crippen molar-refractivity contribution < 1.29 is 64.6 Å². The number of aliphatic hydroxyl groups is 8. The van der Waals surface area contributed by atoms with Crippen LogP contribution in [0.5, 0.6) is 0 Å². The molecule has 2 rings (SSSR count). The molecule has 0 bridgehead atoms. The summed E-state index contributed by atoms with van der Waals surface area (Å²) < 4.78 is 22.5. The zero-order valence-corrected chi connectivity index (χ0v) is 32.7. The van der Waals surface area contributed by atoms with E-state index in [1.165, 1.54) is 64.2 Å². The summed E-state index contributed by atoms with van der Waals surface area (Å²) in [7, 11) is 0. The number of rotatable bonds is 29. The van der Waals surface area contributed by atoms with E-state index in [1.807, 2.05) is 6.08 Å². The Morgan fingerprint density at radius 1 is 0.648 bits per heavy atom. The molecule has 9 N–H and O–H groups in total. The third-order valence-electron chi connectivity index (χ3n) is 10.1. The van der Waals surface area contributed by atoms with Crippen LogP contribution in [-0.2, 0) is 23.7 Å². The SMILES string of the molecule is CCCCCC/C=C/CC/C=C/C(O)C(COC1OC(CO)C(OC2OC(CO)C(O)C(O)C2O)C(O)C1O)NC(=O)CCCCCCCCCCCC. The van der Waals surface area contributed by atoms with Crippen molar-refractivity contribution in [3.63, 3.8) is 0 Å². The Labute approximate surface area is 322 Å². The van der Waals surface area contributed by atoms with Crippen LogP contribution in [0, 0.1) is 0 Å². The molecule has 12 atom stereocenters. The topological polar surface area (TPSA) is 228 Å². The van der Waals surface area contributed by atoms with Gasteiger partial charge in [0.05, 0.1) is 32.0 Å². The number of hydrogen-bond acceptors (Lipinski definition) is 13. The maximum atomic E-state index is 13.0. The molecular weight excluding hydrogens is 702 g/mol. The van der Waals surface area contributed by atoms with E-state index in [1.54, 1.807) is 6.08 Å². The van der Waals surface area contributed by atoms with Gasteiger partial charge in [-0.1, -0.05) is 115 Å². The molecule has 2 heterocycles. The second kappa shape index (κ2) is 28.8. The Morgan fingerprint density at radius 3 is 1.81 bits per heavy atom. The summed E-state index contributed by atoms with van der Waals surface area (Å²) in [6.07, 6.45) is 9.67. The lowest BCUT2D eigenvalue weighted by molar-refractivity contribution is -0.359. The van der Waals surface area contributed by atoms with E-state index in [-0.39, 0.29) is 18.9 Å². The van der Waals surface area contributed by atoms with E-state index in [2.05, 4.69) is 31.3 Å². The molecule has 0 aromatic heterocycles. The lowest BCUT2D eigenvalue weighted by Gasteiger charge is -2.46. The molecule has 2 fully saturated rings. The molecule has 54 heavy (non-hydrogen) atoms. The van der Waals surface area contributed by atoms with Crippen LogP contribution >= 0.6 is 0 Å². The summed E-state index contributed by atoms with van der Waals surface area (Å²) in [5, 5.41) is 86.0. The van der Waals surface area contributed by atoms with Crippen molar-refractivity contribution >= 4 is 5.91 Å². The van der Waals surface area contributed by atoms with Crippen LogP contribution in [0.3, 0.4) is 0 Å². The Morgan fingerprint density at radius 2 is 1.19 bits per heavy atom. The summed E-state index contributed by atoms with van der Waals surface area (Å²) in [5.41, 5.74) is 0. The van der Waals surface area contributed by atoms with E-state index >= 15 is 0 Å². The molecule has 0 aromatic rings. The van der Waals surface area contributed by atoms with E-state index in [0.717, 1.165) is 32.1 Å². The van der Waals surface area contributed by atoms with Gasteiger partial charge in [-0.25, -0.2) is 0 Å². The van der Waals surface area contributed by atoms with Crippen LogP contribution in [-0.4, -0.2) is 140 Å². The van der Waals surface area contributed by atoms with Gasteiger partial charge in [0, 0.05) is 6.42 Å². The van der Waals surface area contributed by atoms with E-state index < -0.39 is 86.8 Å². The van der Waals surface area contributed by atoms with Crippen molar-refractivity contribution in [3.8, 4) is 0 Å². The van der Waals surface area contributed by atoms with Crippen LogP contribution in [0.15, 0.2) is 24.3 Å². The van der Waals surface area contributed by atoms with Gasteiger partial charge >= 0.3 is 0 Å². The minimum Gasteiger partial charge on any atom is -0.394 e. The Kier molecular flexibility index (Phi) is 25.9. The summed E-state index contributed by atoms with van der Waals surface area (Å²) in [6, 6.07) is -0.922. The Bertz CT molecular complexity index is 1010. The Hall–Kier alpha value is -1.53. The largest absolute Gasteiger partial charge is 0.394 e. The van der Waals surface area contributed by atoms with Gasteiger partial charge in [-0.3, -0.25) is 4.79 Å². The summed E-state index contributed by atoms with van der Waals surface area (Å²) in [4.78, 5) is 13.0. The van der Waals surface area contributed by atoms with Gasteiger partial charge in [0.15, 0.2) is 12.6 Å². The second-order valence-corrected chi connectivity index (χ2v) is 14.8. The van der Waals surface area contributed by atoms with E-state index in [4.69, 9.17) is 18.9 Å². The summed E-state index contributed by atoms with van der Waals surface area (Å²) in [6.45, 7) is 2.66. The number of hydrogen-bond donors (Lipinski definition) is 9. The number of allylic oxidation sites excluding steroid dienone is 3. The standard InChI is InChI=1S/C40H73NO13/c1-3-5-7-9-11-13-15-17-19-21-23-29(44)28(41-32(45)24-22-20-18-16-14-12-10-8-6-4-2)27-51-39-37(50)35(48)38(31(26-43)53-39)54-40-36(49)34(47)33(46)30(25-42)52-40/h13,15,21,23,28-31,33-40,42-44,46-50H,3-12,14,16-20,22,24-27H2,1-2H3,(H,41,45)/b15-13+,23-21+. The molecule has 316 valence electrons. The quantitative estimate of drug-likeness (QED) is 0.0394. The van der Waals surface area contributed by atoms with Crippen molar-refractivity contribution in [1.29, 1.82) is 0 Å². The molecule has 2 aliphatic heterocycles. The summed E-state index contributed by atoms with van der Waals surface area (Å²) in [5.74, 6) is -0.256. The van der Waals surface area contributed by atoms with Crippen LogP contribution in [0.2, 0.25) is 0 Å². The van der Waals surface area contributed by atoms with Gasteiger partial charge in [-0.05, 0) is 32.1 Å². The lowest BCUT2D eigenvalue weighted by Crippen LogP contribution is -2.65. The van der Waals surface area contributed by atoms with E-state index in [0.29, 0.717) is 12.8 Å². The molecule has 14 nitrogen and oxygen atoms in total. The maximum Gasteiger partial charge on any atom is 0.220 e. The fraction of sp³-hybridized carbons (Fsp3) is 0.875. The van der Waals surface area contributed by atoms with E-state index in [9.17, 15) is 45.6 Å². The van der Waals surface area contributed by atoms with Gasteiger partial charge in [-0.15, -0.1) is 0 Å². The highest BCUT2D eigenvalue weighted by molar-refractivity contribution is 5.76. The lowest BCUT2D eigenvalue weighted by atomic mass is 9.97. The molecule has 0 spiro atoms. The van der Waals surface area contributed by atoms with Crippen LogP contribution < -0.4 is 5.32 Å². The highest BCUT2D eigenvalue weighted by atomic mass is 16.7. The maximum absolute atomic E-state index is 13.0. The normalized spacial score (nSPS) is 30.3. The minimum atomic E-state index is -1.79. The average molecular weight is 776 g/mol. The molecule has 2 aliphatic rings. The van der Waals surface area contributed by atoms with Crippen molar-refractivity contribution in [3.05, 3.63) is 24.3 Å². The number of ether oxygens (including phenoxy) is 4. The third kappa shape index (κ3) is 17.7. The first kappa shape index (κ1) is 48.6. The van der Waals surface area contributed by atoms with Gasteiger partial charge < -0.3 is 65.1 Å². The van der Waals surface area contributed by atoms with Crippen LogP contribution in [0.4, 0.5) is 0 Å². The average Bonchev–Trinajstić information content (AvgIpc) is 3.17. The first-order valence-corrected chi connectivity index (χ1v) is 20.6. The summed E-state index contributed by atoms with van der Waals surface area (Å²) >= 11 is 0. The van der Waals surface area contributed by atoms with Gasteiger partial charge in [-0.2, -0.15) is 0 Å². The molecule has 0 aromatic carbocycles. The molecular formula is C40H73NO13. The van der Waals surface area contributed by atoms with Crippen molar-refractivity contribution in [2.45, 2.75) is 203 Å². The Balaban J connectivity index is 1.97. The molecule has 2 saturated heterocycles. The van der Waals surface area contributed by atoms with Crippen LogP contribution in [0.1, 0.15) is 129 Å². The molecule has 12 unspecified atom stereocenters. The molecule has 0 radical (unpaired) electrons. The van der Waals surface area contributed by atoms with Gasteiger partial charge in [0.2, 0.25) is 5.91 Å². The minimum absolute atomic E-state index is 0.256. The molecule has 1 amide bonds.